The Labute approximate surface area is 191 Å². The van der Waals surface area contributed by atoms with Gasteiger partial charge < -0.3 is 9.47 Å². The average molecular weight is 471 g/mol. The third-order valence-corrected chi connectivity index (χ3v) is 5.60. The van der Waals surface area contributed by atoms with E-state index in [1.54, 1.807) is 12.1 Å². The number of hydrogen-bond donors (Lipinski definition) is 1. The Morgan fingerprint density at radius 3 is 2.60 bits per heavy atom. The van der Waals surface area contributed by atoms with E-state index in [1.807, 2.05) is 30.3 Å². The van der Waals surface area contributed by atoms with Crippen LogP contribution in [0.25, 0.3) is 0 Å². The lowest BCUT2D eigenvalue weighted by atomic mass is 10.1. The van der Waals surface area contributed by atoms with Crippen molar-refractivity contribution < 1.29 is 9.47 Å². The first kappa shape index (κ1) is 22.8. The molecule has 1 atom stereocenters. The zero-order chi connectivity index (χ0) is 20.1. The Morgan fingerprint density at radius 2 is 1.90 bits per heavy atom. The maximum atomic E-state index is 6.20. The van der Waals surface area contributed by atoms with Gasteiger partial charge in [0.05, 0.1) is 12.7 Å². The summed E-state index contributed by atoms with van der Waals surface area (Å²) in [5.74, 6) is 1.49. The van der Waals surface area contributed by atoms with Crippen LogP contribution in [0.15, 0.2) is 42.5 Å². The third-order valence-electron chi connectivity index (χ3n) is 4.89. The summed E-state index contributed by atoms with van der Waals surface area (Å²) in [6.07, 6.45) is 0.793. The van der Waals surface area contributed by atoms with Gasteiger partial charge in [0.1, 0.15) is 12.4 Å². The van der Waals surface area contributed by atoms with Crippen molar-refractivity contribution in [2.24, 2.45) is 0 Å². The molecular formula is C20H22Cl3N5O2. The summed E-state index contributed by atoms with van der Waals surface area (Å²) in [6.45, 7) is 3.61. The summed E-state index contributed by atoms with van der Waals surface area (Å²) < 4.78 is 11.8. The molecule has 10 heteroatoms. The van der Waals surface area contributed by atoms with Gasteiger partial charge in [0, 0.05) is 41.7 Å². The summed E-state index contributed by atoms with van der Waals surface area (Å²) in [6, 6.07) is 13.4. The molecule has 160 valence electrons. The van der Waals surface area contributed by atoms with Gasteiger partial charge in [-0.05, 0) is 29.8 Å². The van der Waals surface area contributed by atoms with Gasteiger partial charge in [-0.25, -0.2) is 0 Å². The van der Waals surface area contributed by atoms with Crippen molar-refractivity contribution in [2.75, 3.05) is 26.2 Å². The fraction of sp³-hybridized carbons (Fsp3) is 0.350. The minimum absolute atomic E-state index is 0. The number of aromatic amines is 1. The predicted molar refractivity (Wildman–Crippen MR) is 117 cm³/mol. The smallest absolute Gasteiger partial charge is 0.175 e. The van der Waals surface area contributed by atoms with Gasteiger partial charge in [0.2, 0.25) is 0 Å². The van der Waals surface area contributed by atoms with E-state index in [2.05, 4.69) is 25.5 Å². The monoisotopic (exact) mass is 469 g/mol. The van der Waals surface area contributed by atoms with Gasteiger partial charge in [-0.3, -0.25) is 4.90 Å². The first-order valence-corrected chi connectivity index (χ1v) is 10.2. The van der Waals surface area contributed by atoms with Crippen molar-refractivity contribution in [1.29, 1.82) is 0 Å². The highest BCUT2D eigenvalue weighted by molar-refractivity contribution is 6.35. The number of morpholine rings is 1. The number of nitrogens with one attached hydrogen (secondary N) is 1. The SMILES string of the molecule is Cl.Clc1cccc(Cl)c1COc1ccc(C2CN(CCc3nn[nH]n3)CCO2)cc1. The molecule has 2 aromatic carbocycles. The number of nitrogens with zero attached hydrogens (tertiary/aromatic N) is 4. The molecule has 1 saturated heterocycles. The van der Waals surface area contributed by atoms with E-state index >= 15 is 0 Å². The lowest BCUT2D eigenvalue weighted by Crippen LogP contribution is -2.39. The molecule has 3 aromatic rings. The van der Waals surface area contributed by atoms with Crippen LogP contribution < -0.4 is 4.74 Å². The van der Waals surface area contributed by atoms with Crippen LogP contribution in [0.3, 0.4) is 0 Å². The van der Waals surface area contributed by atoms with Gasteiger partial charge >= 0.3 is 0 Å². The molecule has 1 aliphatic heterocycles. The highest BCUT2D eigenvalue weighted by atomic mass is 35.5. The summed E-state index contributed by atoms with van der Waals surface area (Å²) in [7, 11) is 0. The first-order chi connectivity index (χ1) is 14.2. The van der Waals surface area contributed by atoms with Crippen LogP contribution in [0.5, 0.6) is 5.75 Å². The van der Waals surface area contributed by atoms with Crippen LogP contribution in [0, 0.1) is 0 Å². The second-order valence-electron chi connectivity index (χ2n) is 6.80. The molecule has 0 saturated carbocycles. The molecule has 1 unspecified atom stereocenters. The molecule has 0 amide bonds. The van der Waals surface area contributed by atoms with Crippen molar-refractivity contribution in [2.45, 2.75) is 19.1 Å². The third kappa shape index (κ3) is 5.83. The van der Waals surface area contributed by atoms with E-state index in [-0.39, 0.29) is 18.5 Å². The van der Waals surface area contributed by atoms with Crippen LogP contribution >= 0.6 is 35.6 Å². The number of H-pyrrole nitrogens is 1. The van der Waals surface area contributed by atoms with Gasteiger partial charge in [0.25, 0.3) is 0 Å². The topological polar surface area (TPSA) is 76.2 Å². The predicted octanol–water partition coefficient (Wildman–Crippen LogP) is 4.12. The summed E-state index contributed by atoms with van der Waals surface area (Å²) in [5, 5.41) is 15.3. The lowest BCUT2D eigenvalue weighted by Gasteiger charge is -2.33. The number of ether oxygens (including phenoxy) is 2. The minimum Gasteiger partial charge on any atom is -0.489 e. The van der Waals surface area contributed by atoms with Gasteiger partial charge in [-0.1, -0.05) is 46.6 Å². The second-order valence-corrected chi connectivity index (χ2v) is 7.61. The van der Waals surface area contributed by atoms with Crippen molar-refractivity contribution in [3.63, 3.8) is 0 Å². The first-order valence-electron chi connectivity index (χ1n) is 9.41. The Balaban J connectivity index is 0.00000256. The molecule has 0 radical (unpaired) electrons. The largest absolute Gasteiger partial charge is 0.489 e. The molecule has 0 bridgehead atoms. The molecule has 0 spiro atoms. The Bertz CT molecular complexity index is 904. The number of tetrazole rings is 1. The van der Waals surface area contributed by atoms with E-state index in [0.717, 1.165) is 48.8 Å². The maximum Gasteiger partial charge on any atom is 0.175 e. The van der Waals surface area contributed by atoms with Crippen LogP contribution in [0.4, 0.5) is 0 Å². The van der Waals surface area contributed by atoms with Crippen LogP contribution in [-0.4, -0.2) is 51.8 Å². The second kappa shape index (κ2) is 10.9. The molecule has 1 aromatic heterocycles. The number of aromatic nitrogens is 4. The lowest BCUT2D eigenvalue weighted by molar-refractivity contribution is -0.0297. The molecule has 1 aliphatic rings. The molecule has 7 nitrogen and oxygen atoms in total. The number of hydrogen-bond acceptors (Lipinski definition) is 6. The quantitative estimate of drug-likeness (QED) is 0.560. The molecule has 1 fully saturated rings. The van der Waals surface area contributed by atoms with Gasteiger partial charge in [-0.15, -0.1) is 22.6 Å². The summed E-state index contributed by atoms with van der Waals surface area (Å²) >= 11 is 12.4. The van der Waals surface area contributed by atoms with E-state index in [4.69, 9.17) is 32.7 Å². The Morgan fingerprint density at radius 1 is 1.13 bits per heavy atom. The molecule has 2 heterocycles. The number of rotatable bonds is 7. The van der Waals surface area contributed by atoms with E-state index in [0.29, 0.717) is 23.3 Å². The molecule has 30 heavy (non-hydrogen) atoms. The fourth-order valence-corrected chi connectivity index (χ4v) is 3.76. The van der Waals surface area contributed by atoms with E-state index in [1.165, 1.54) is 0 Å². The van der Waals surface area contributed by atoms with E-state index < -0.39 is 0 Å². The zero-order valence-electron chi connectivity index (χ0n) is 16.1. The highest BCUT2D eigenvalue weighted by Crippen LogP contribution is 2.27. The van der Waals surface area contributed by atoms with Gasteiger partial charge in [0.15, 0.2) is 5.82 Å². The van der Waals surface area contributed by atoms with Crippen molar-refractivity contribution in [3.05, 3.63) is 69.5 Å². The van der Waals surface area contributed by atoms with E-state index in [9.17, 15) is 0 Å². The van der Waals surface area contributed by atoms with Crippen molar-refractivity contribution >= 4 is 35.6 Å². The van der Waals surface area contributed by atoms with Crippen molar-refractivity contribution in [1.82, 2.24) is 25.5 Å². The van der Waals surface area contributed by atoms with Crippen LogP contribution in [0.2, 0.25) is 10.0 Å². The Kier molecular flexibility index (Phi) is 8.30. The standard InChI is InChI=1S/C20H21Cl2N5O2.ClH/c21-17-2-1-3-18(22)16(17)13-29-15-6-4-14(5-7-15)19-12-27(10-11-28-19)9-8-20-23-25-26-24-20;/h1-7,19H,8-13H2,(H,23,24,25,26);1H. The highest BCUT2D eigenvalue weighted by Gasteiger charge is 2.22. The normalized spacial score (nSPS) is 16.8. The minimum atomic E-state index is 0. The maximum absolute atomic E-state index is 6.20. The summed E-state index contributed by atoms with van der Waals surface area (Å²) in [4.78, 5) is 2.36. The van der Waals surface area contributed by atoms with Crippen LogP contribution in [-0.2, 0) is 17.8 Å². The molecular weight excluding hydrogens is 449 g/mol. The number of benzene rings is 2. The average Bonchev–Trinajstić information content (AvgIpc) is 3.26. The van der Waals surface area contributed by atoms with Crippen molar-refractivity contribution in [3.8, 4) is 5.75 Å². The van der Waals surface area contributed by atoms with Crippen LogP contribution in [0.1, 0.15) is 23.1 Å². The molecule has 1 N–H and O–H groups in total. The van der Waals surface area contributed by atoms with Gasteiger partial charge in [-0.2, -0.15) is 5.21 Å². The number of halogens is 3. The Hall–Kier alpha value is -1.90. The summed E-state index contributed by atoms with van der Waals surface area (Å²) in [5.41, 5.74) is 1.91. The fourth-order valence-electron chi connectivity index (χ4n) is 3.26. The zero-order valence-corrected chi connectivity index (χ0v) is 18.5. The molecule has 0 aliphatic carbocycles. The molecule has 4 rings (SSSR count).